The number of nitrogens with zero attached hydrogens (tertiary/aromatic N) is 5. The predicted octanol–water partition coefficient (Wildman–Crippen LogP) is 1.19. The third kappa shape index (κ3) is 2.79. The molecule has 3 heterocycles. The van der Waals surface area contributed by atoms with Crippen molar-refractivity contribution in [2.45, 2.75) is 12.6 Å². The summed E-state index contributed by atoms with van der Waals surface area (Å²) in [6.07, 6.45) is 2.42. The molecule has 10 nitrogen and oxygen atoms in total. The molecule has 1 atom stereocenters. The van der Waals surface area contributed by atoms with Crippen LogP contribution in [0.1, 0.15) is 0 Å². The van der Waals surface area contributed by atoms with Crippen molar-refractivity contribution in [3.05, 3.63) is 27.0 Å². The first kappa shape index (κ1) is 14.5. The molecule has 1 aliphatic rings. The maximum atomic E-state index is 10.7. The summed E-state index contributed by atoms with van der Waals surface area (Å²) in [6, 6.07) is 0.326. The zero-order valence-corrected chi connectivity index (χ0v) is 12.9. The van der Waals surface area contributed by atoms with Crippen LogP contribution in [0.2, 0.25) is 0 Å². The van der Waals surface area contributed by atoms with E-state index < -0.39 is 11.0 Å². The van der Waals surface area contributed by atoms with Gasteiger partial charge >= 0.3 is 17.8 Å². The van der Waals surface area contributed by atoms with Crippen LogP contribution in [-0.4, -0.2) is 44.3 Å². The molecule has 0 aliphatic carbocycles. The van der Waals surface area contributed by atoms with Crippen molar-refractivity contribution in [1.29, 1.82) is 0 Å². The number of hydrogen-bond donors (Lipinski definition) is 0. The minimum Gasteiger partial charge on any atom is -0.480 e. The molecule has 116 valence electrons. The summed E-state index contributed by atoms with van der Waals surface area (Å²) in [4.78, 5) is 22.0. The summed E-state index contributed by atoms with van der Waals surface area (Å²) >= 11 is 3.25. The molecule has 0 spiro atoms. The van der Waals surface area contributed by atoms with Crippen molar-refractivity contribution in [2.75, 3.05) is 13.7 Å². The zero-order valence-electron chi connectivity index (χ0n) is 11.3. The summed E-state index contributed by atoms with van der Waals surface area (Å²) < 4.78 is 18.1. The molecule has 11 heteroatoms. The van der Waals surface area contributed by atoms with E-state index in [1.165, 1.54) is 24.1 Å². The van der Waals surface area contributed by atoms with E-state index >= 15 is 0 Å². The average molecular weight is 372 g/mol. The topological polar surface area (TPSA) is 114 Å². The Hall–Kier alpha value is -2.43. The van der Waals surface area contributed by atoms with Gasteiger partial charge in [-0.25, -0.2) is 4.98 Å². The highest BCUT2D eigenvalue weighted by atomic mass is 79.9. The van der Waals surface area contributed by atoms with Crippen molar-refractivity contribution in [1.82, 2.24) is 19.5 Å². The number of methoxy groups -OCH3 is 1. The normalized spacial score (nSPS) is 16.5. The van der Waals surface area contributed by atoms with E-state index in [1.54, 1.807) is 0 Å². The predicted molar refractivity (Wildman–Crippen MR) is 75.1 cm³/mol. The third-order valence-electron chi connectivity index (χ3n) is 2.87. The molecular formula is C11H10BrN5O5. The highest BCUT2D eigenvalue weighted by Crippen LogP contribution is 2.25. The quantitative estimate of drug-likeness (QED) is 0.581. The average Bonchev–Trinajstić information content (AvgIpc) is 2.92. The van der Waals surface area contributed by atoms with E-state index in [4.69, 9.17) is 14.2 Å². The minimum atomic E-state index is -0.576. The van der Waals surface area contributed by atoms with Gasteiger partial charge in [-0.3, -0.25) is 4.57 Å². The van der Waals surface area contributed by atoms with Gasteiger partial charge < -0.3 is 24.3 Å². The van der Waals surface area contributed by atoms with Crippen molar-refractivity contribution in [3.8, 4) is 17.9 Å². The van der Waals surface area contributed by atoms with Gasteiger partial charge in [0.15, 0.2) is 6.10 Å². The molecule has 0 amide bonds. The molecule has 3 rings (SSSR count). The van der Waals surface area contributed by atoms with Crippen LogP contribution in [0.15, 0.2) is 16.9 Å². The van der Waals surface area contributed by atoms with E-state index in [0.717, 1.165) is 0 Å². The Kier molecular flexibility index (Phi) is 3.79. The van der Waals surface area contributed by atoms with E-state index in [1.807, 2.05) is 0 Å². The van der Waals surface area contributed by atoms with Gasteiger partial charge in [-0.05, 0) is 20.9 Å². The zero-order chi connectivity index (χ0) is 15.7. The number of fused-ring (bicyclic) bond motifs is 1. The Bertz CT molecular complexity index is 721. The molecule has 0 fully saturated rings. The molecule has 0 bridgehead atoms. The smallest absolute Gasteiger partial charge is 0.414 e. The van der Waals surface area contributed by atoms with Gasteiger partial charge in [-0.15, -0.1) is 0 Å². The number of halogens is 1. The van der Waals surface area contributed by atoms with Crippen molar-refractivity contribution in [3.63, 3.8) is 0 Å². The van der Waals surface area contributed by atoms with Gasteiger partial charge in [0.1, 0.15) is 12.8 Å². The van der Waals surface area contributed by atoms with Gasteiger partial charge in [0.05, 0.1) is 24.3 Å². The Labute approximate surface area is 132 Å². The van der Waals surface area contributed by atoms with Gasteiger partial charge in [-0.1, -0.05) is 0 Å². The lowest BCUT2D eigenvalue weighted by Gasteiger charge is -2.22. The van der Waals surface area contributed by atoms with Crippen LogP contribution in [-0.2, 0) is 6.54 Å². The molecule has 22 heavy (non-hydrogen) atoms. The second-order valence-corrected chi connectivity index (χ2v) is 5.21. The summed E-state index contributed by atoms with van der Waals surface area (Å²) in [5.74, 6) is 0.0814. The van der Waals surface area contributed by atoms with E-state index in [-0.39, 0.29) is 24.4 Å². The number of hydrogen-bond acceptors (Lipinski definition) is 8. The van der Waals surface area contributed by atoms with Crippen LogP contribution in [0.3, 0.4) is 0 Å². The Morgan fingerprint density at radius 1 is 1.55 bits per heavy atom. The van der Waals surface area contributed by atoms with E-state index in [0.29, 0.717) is 16.9 Å². The SMILES string of the molecule is COc1nc(OC2COc3nc([N+](=O)[O-])cn3C2)ncc1Br. The van der Waals surface area contributed by atoms with Crippen molar-refractivity contribution in [2.24, 2.45) is 0 Å². The van der Waals surface area contributed by atoms with E-state index in [9.17, 15) is 10.1 Å². The summed E-state index contributed by atoms with van der Waals surface area (Å²) in [5.41, 5.74) is 0. The fourth-order valence-electron chi connectivity index (χ4n) is 1.92. The lowest BCUT2D eigenvalue weighted by molar-refractivity contribution is -0.389. The highest BCUT2D eigenvalue weighted by molar-refractivity contribution is 9.10. The molecule has 1 unspecified atom stereocenters. The Morgan fingerprint density at radius 3 is 3.09 bits per heavy atom. The molecule has 0 aromatic carbocycles. The number of rotatable bonds is 4. The first-order valence-electron chi connectivity index (χ1n) is 6.14. The monoisotopic (exact) mass is 371 g/mol. The van der Waals surface area contributed by atoms with Gasteiger partial charge in [0, 0.05) is 4.98 Å². The molecule has 2 aromatic heterocycles. The van der Waals surface area contributed by atoms with Gasteiger partial charge in [0.25, 0.3) is 0 Å². The maximum Gasteiger partial charge on any atom is 0.414 e. The fourth-order valence-corrected chi connectivity index (χ4v) is 2.27. The largest absolute Gasteiger partial charge is 0.480 e. The summed E-state index contributed by atoms with van der Waals surface area (Å²) in [7, 11) is 1.48. The van der Waals surface area contributed by atoms with Gasteiger partial charge in [0.2, 0.25) is 5.88 Å². The van der Waals surface area contributed by atoms with Crippen LogP contribution in [0.5, 0.6) is 17.9 Å². The van der Waals surface area contributed by atoms with Crippen LogP contribution >= 0.6 is 15.9 Å². The number of aromatic nitrogens is 4. The molecule has 0 saturated carbocycles. The highest BCUT2D eigenvalue weighted by Gasteiger charge is 2.29. The number of ether oxygens (including phenoxy) is 3. The van der Waals surface area contributed by atoms with Gasteiger partial charge in [-0.2, -0.15) is 4.98 Å². The molecule has 0 saturated heterocycles. The number of nitro groups is 1. The lowest BCUT2D eigenvalue weighted by atomic mass is 10.3. The van der Waals surface area contributed by atoms with Crippen LogP contribution in [0.4, 0.5) is 5.82 Å². The second kappa shape index (κ2) is 5.75. The Morgan fingerprint density at radius 2 is 2.36 bits per heavy atom. The molecule has 0 N–H and O–H groups in total. The molecular weight excluding hydrogens is 362 g/mol. The van der Waals surface area contributed by atoms with Crippen molar-refractivity contribution >= 4 is 21.7 Å². The first-order chi connectivity index (χ1) is 10.6. The third-order valence-corrected chi connectivity index (χ3v) is 3.41. The molecule has 2 aromatic rings. The minimum absolute atomic E-state index is 0.131. The van der Waals surface area contributed by atoms with Crippen LogP contribution in [0, 0.1) is 10.1 Å². The first-order valence-corrected chi connectivity index (χ1v) is 6.93. The maximum absolute atomic E-state index is 10.7. The van der Waals surface area contributed by atoms with Crippen molar-refractivity contribution < 1.29 is 19.1 Å². The van der Waals surface area contributed by atoms with Crippen LogP contribution in [0.25, 0.3) is 0 Å². The lowest BCUT2D eigenvalue weighted by Crippen LogP contribution is -2.34. The molecule has 0 radical (unpaired) electrons. The second-order valence-electron chi connectivity index (χ2n) is 4.35. The van der Waals surface area contributed by atoms with Crippen LogP contribution < -0.4 is 14.2 Å². The fraction of sp³-hybridized carbons (Fsp3) is 0.364. The number of imidazole rings is 1. The Balaban J connectivity index is 1.73. The summed E-state index contributed by atoms with van der Waals surface area (Å²) in [6.45, 7) is 0.536. The molecule has 1 aliphatic heterocycles. The summed E-state index contributed by atoms with van der Waals surface area (Å²) in [5, 5.41) is 10.7. The standard InChI is InChI=1S/C11H10BrN5O5/c1-20-9-7(12)2-13-10(15-9)22-6-3-16-4-8(17(18)19)14-11(16)21-5-6/h2,4,6H,3,5H2,1H3. The van der Waals surface area contributed by atoms with E-state index in [2.05, 4.69) is 30.9 Å².